The van der Waals surface area contributed by atoms with Crippen molar-refractivity contribution in [1.82, 2.24) is 5.32 Å². The van der Waals surface area contributed by atoms with Crippen LogP contribution in [0.3, 0.4) is 0 Å². The van der Waals surface area contributed by atoms with Gasteiger partial charge in [-0.1, -0.05) is 54.6 Å². The number of fused-ring (bicyclic) bond motifs is 1. The lowest BCUT2D eigenvalue weighted by atomic mass is 9.97. The zero-order chi connectivity index (χ0) is 20.1. The number of hydrogen-bond donors (Lipinski definition) is 1. The molecule has 0 fully saturated rings. The van der Waals surface area contributed by atoms with E-state index >= 15 is 0 Å². The molecule has 0 amide bonds. The Bertz CT molecular complexity index is 939. The molecule has 3 unspecified atom stereocenters. The molecule has 0 bridgehead atoms. The number of nitrogens with one attached hydrogen (secondary N) is 1. The number of methoxy groups -OCH3 is 1. The molecule has 0 aliphatic rings. The maximum absolute atomic E-state index is 12.9. The van der Waals surface area contributed by atoms with E-state index in [1.807, 2.05) is 87.6 Å². The van der Waals surface area contributed by atoms with E-state index in [-0.39, 0.29) is 24.0 Å². The molecule has 0 spiro atoms. The lowest BCUT2D eigenvalue weighted by molar-refractivity contribution is -0.152. The number of rotatable bonds is 7. The molecule has 1 N–H and O–H groups in total. The van der Waals surface area contributed by atoms with Gasteiger partial charge in [-0.05, 0) is 54.9 Å². The van der Waals surface area contributed by atoms with Crippen molar-refractivity contribution in [2.45, 2.75) is 31.9 Å². The largest absolute Gasteiger partial charge is 0.497 e. The van der Waals surface area contributed by atoms with Crippen LogP contribution < -0.4 is 10.1 Å². The number of carbonyl (C=O) groups is 1. The first-order valence-corrected chi connectivity index (χ1v) is 9.54. The minimum Gasteiger partial charge on any atom is -0.497 e. The van der Waals surface area contributed by atoms with E-state index in [0.717, 1.165) is 27.6 Å². The number of carbonyl (C=O) groups excluding carboxylic acids is 1. The summed E-state index contributed by atoms with van der Waals surface area (Å²) in [5.74, 6) is 0.227. The normalized spacial score (nSPS) is 14.3. The van der Waals surface area contributed by atoms with Crippen LogP contribution in [0.2, 0.25) is 0 Å². The minimum absolute atomic E-state index is 0.00242. The first kappa shape index (κ1) is 19.9. The summed E-state index contributed by atoms with van der Waals surface area (Å²) < 4.78 is 11.2. The van der Waals surface area contributed by atoms with Crippen LogP contribution in [0.5, 0.6) is 5.75 Å². The summed E-state index contributed by atoms with van der Waals surface area (Å²) in [6, 6.07) is 21.8. The Morgan fingerprint density at radius 1 is 0.893 bits per heavy atom. The average Bonchev–Trinajstić information content (AvgIpc) is 2.76. The summed E-state index contributed by atoms with van der Waals surface area (Å²) in [6.45, 7) is 3.90. The van der Waals surface area contributed by atoms with E-state index < -0.39 is 0 Å². The Labute approximate surface area is 166 Å². The van der Waals surface area contributed by atoms with Crippen LogP contribution >= 0.6 is 0 Å². The van der Waals surface area contributed by atoms with Crippen LogP contribution in [0.25, 0.3) is 10.8 Å². The van der Waals surface area contributed by atoms with E-state index in [4.69, 9.17) is 9.47 Å². The molecule has 3 aromatic rings. The SMILES string of the molecule is CNC(C)C(OC(=O)C(C)c1ccc2cc(OC)ccc2c1)c1ccccc1. The third-order valence-corrected chi connectivity index (χ3v) is 5.21. The second kappa shape index (κ2) is 8.89. The fourth-order valence-corrected chi connectivity index (χ4v) is 3.25. The maximum atomic E-state index is 12.9. The monoisotopic (exact) mass is 377 g/mol. The highest BCUT2D eigenvalue weighted by atomic mass is 16.5. The Balaban J connectivity index is 1.81. The van der Waals surface area contributed by atoms with Crippen LogP contribution in [-0.2, 0) is 9.53 Å². The molecule has 0 aliphatic carbocycles. The maximum Gasteiger partial charge on any atom is 0.313 e. The molecule has 0 saturated carbocycles. The third kappa shape index (κ3) is 4.34. The summed E-state index contributed by atoms with van der Waals surface area (Å²) in [6.07, 6.45) is -0.342. The summed E-state index contributed by atoms with van der Waals surface area (Å²) in [4.78, 5) is 12.9. The average molecular weight is 377 g/mol. The van der Waals surface area contributed by atoms with E-state index in [9.17, 15) is 4.79 Å². The van der Waals surface area contributed by atoms with Crippen molar-refractivity contribution in [3.63, 3.8) is 0 Å². The number of esters is 1. The van der Waals surface area contributed by atoms with Gasteiger partial charge in [-0.2, -0.15) is 0 Å². The molecule has 28 heavy (non-hydrogen) atoms. The molecular formula is C24H27NO3. The van der Waals surface area contributed by atoms with Gasteiger partial charge in [0.05, 0.1) is 13.0 Å². The molecule has 0 radical (unpaired) electrons. The van der Waals surface area contributed by atoms with Crippen molar-refractivity contribution in [2.75, 3.05) is 14.2 Å². The van der Waals surface area contributed by atoms with Crippen molar-refractivity contribution in [1.29, 1.82) is 0 Å². The van der Waals surface area contributed by atoms with E-state index in [1.165, 1.54) is 0 Å². The number of ether oxygens (including phenoxy) is 2. The molecular weight excluding hydrogens is 350 g/mol. The molecule has 0 heterocycles. The number of hydrogen-bond acceptors (Lipinski definition) is 4. The molecule has 3 rings (SSSR count). The molecule has 0 aliphatic heterocycles. The molecule has 4 heteroatoms. The Morgan fingerprint density at radius 3 is 2.25 bits per heavy atom. The second-order valence-electron chi connectivity index (χ2n) is 7.04. The minimum atomic E-state index is -0.359. The highest BCUT2D eigenvalue weighted by molar-refractivity contribution is 5.86. The quantitative estimate of drug-likeness (QED) is 0.598. The Hall–Kier alpha value is -2.85. The summed E-state index contributed by atoms with van der Waals surface area (Å²) in [7, 11) is 3.53. The number of likely N-dealkylation sites (N-methyl/N-ethyl adjacent to an activating group) is 1. The van der Waals surface area contributed by atoms with Gasteiger partial charge in [0.1, 0.15) is 11.9 Å². The predicted octanol–water partition coefficient (Wildman–Crippen LogP) is 4.84. The Kier molecular flexibility index (Phi) is 6.32. The third-order valence-electron chi connectivity index (χ3n) is 5.21. The van der Waals surface area contributed by atoms with Gasteiger partial charge in [0.2, 0.25) is 0 Å². The van der Waals surface area contributed by atoms with Crippen LogP contribution in [0.4, 0.5) is 0 Å². The van der Waals surface area contributed by atoms with E-state index in [1.54, 1.807) is 7.11 Å². The summed E-state index contributed by atoms with van der Waals surface area (Å²) in [5, 5.41) is 5.34. The molecule has 0 saturated heterocycles. The number of benzene rings is 3. The lowest BCUT2D eigenvalue weighted by Gasteiger charge is -2.26. The highest BCUT2D eigenvalue weighted by Crippen LogP contribution is 2.28. The van der Waals surface area contributed by atoms with Crippen molar-refractivity contribution in [3.05, 3.63) is 77.9 Å². The van der Waals surface area contributed by atoms with Gasteiger partial charge in [-0.15, -0.1) is 0 Å². The molecule has 0 aromatic heterocycles. The zero-order valence-electron chi connectivity index (χ0n) is 16.8. The van der Waals surface area contributed by atoms with Crippen molar-refractivity contribution in [2.24, 2.45) is 0 Å². The molecule has 146 valence electrons. The van der Waals surface area contributed by atoms with Gasteiger partial charge in [0.25, 0.3) is 0 Å². The van der Waals surface area contributed by atoms with Crippen molar-refractivity contribution >= 4 is 16.7 Å². The van der Waals surface area contributed by atoms with Crippen LogP contribution in [0.1, 0.15) is 37.0 Å². The highest BCUT2D eigenvalue weighted by Gasteiger charge is 2.26. The first-order valence-electron chi connectivity index (χ1n) is 9.54. The zero-order valence-corrected chi connectivity index (χ0v) is 16.8. The fourth-order valence-electron chi connectivity index (χ4n) is 3.25. The van der Waals surface area contributed by atoms with Gasteiger partial charge in [-0.25, -0.2) is 0 Å². The summed E-state index contributed by atoms with van der Waals surface area (Å²) in [5.41, 5.74) is 1.92. The van der Waals surface area contributed by atoms with E-state index in [0.29, 0.717) is 0 Å². The first-order chi connectivity index (χ1) is 13.5. The smallest absolute Gasteiger partial charge is 0.313 e. The van der Waals surface area contributed by atoms with Gasteiger partial charge in [-0.3, -0.25) is 4.79 Å². The molecule has 3 aromatic carbocycles. The van der Waals surface area contributed by atoms with Gasteiger partial charge >= 0.3 is 5.97 Å². The van der Waals surface area contributed by atoms with E-state index in [2.05, 4.69) is 5.32 Å². The van der Waals surface area contributed by atoms with Crippen molar-refractivity contribution in [3.8, 4) is 5.75 Å². The Morgan fingerprint density at radius 2 is 1.57 bits per heavy atom. The van der Waals surface area contributed by atoms with Crippen LogP contribution in [-0.4, -0.2) is 26.2 Å². The van der Waals surface area contributed by atoms with Crippen LogP contribution in [0.15, 0.2) is 66.7 Å². The fraction of sp³-hybridized carbons (Fsp3) is 0.292. The topological polar surface area (TPSA) is 47.6 Å². The summed E-state index contributed by atoms with van der Waals surface area (Å²) >= 11 is 0. The van der Waals surface area contributed by atoms with Crippen LogP contribution in [0, 0.1) is 0 Å². The van der Waals surface area contributed by atoms with Crippen molar-refractivity contribution < 1.29 is 14.3 Å². The standard InChI is InChI=1S/C24H27NO3/c1-16(19-10-11-21-15-22(27-4)13-12-20(21)14-19)24(26)28-23(17(2)25-3)18-8-6-5-7-9-18/h5-17,23,25H,1-4H3. The van der Waals surface area contributed by atoms with Gasteiger partial charge in [0.15, 0.2) is 0 Å². The van der Waals surface area contributed by atoms with Gasteiger partial charge in [0, 0.05) is 6.04 Å². The molecule has 4 nitrogen and oxygen atoms in total. The molecule has 3 atom stereocenters. The lowest BCUT2D eigenvalue weighted by Crippen LogP contribution is -2.33. The predicted molar refractivity (Wildman–Crippen MR) is 113 cm³/mol. The second-order valence-corrected chi connectivity index (χ2v) is 7.04. The van der Waals surface area contributed by atoms with Gasteiger partial charge < -0.3 is 14.8 Å².